The highest BCUT2D eigenvalue weighted by Crippen LogP contribution is 2.40. The summed E-state index contributed by atoms with van der Waals surface area (Å²) in [7, 11) is 0. The van der Waals surface area contributed by atoms with E-state index in [1.807, 2.05) is 33.0 Å². The molecule has 3 unspecified atom stereocenters. The first-order valence-corrected chi connectivity index (χ1v) is 12.5. The van der Waals surface area contributed by atoms with Crippen LogP contribution in [-0.4, -0.2) is 67.0 Å². The van der Waals surface area contributed by atoms with Crippen LogP contribution in [0.5, 0.6) is 0 Å². The van der Waals surface area contributed by atoms with Crippen LogP contribution in [0.3, 0.4) is 0 Å². The second kappa shape index (κ2) is 9.65. The molecule has 1 aliphatic carbocycles. The van der Waals surface area contributed by atoms with E-state index in [9.17, 15) is 19.5 Å². The fourth-order valence-electron chi connectivity index (χ4n) is 4.58. The second-order valence-electron chi connectivity index (χ2n) is 11.5. The molecule has 1 saturated heterocycles. The maximum Gasteiger partial charge on any atom is 0.249 e. The molecule has 194 valence electrons. The van der Waals surface area contributed by atoms with Gasteiger partial charge in [0, 0.05) is 30.8 Å². The van der Waals surface area contributed by atoms with Gasteiger partial charge in [0.15, 0.2) is 0 Å². The molecule has 2 fully saturated rings. The number of hydrogen-bond donors (Lipinski definition) is 3. The molecule has 2 aliphatic rings. The standard InChI is InChI=1S/C26H36N6O4/c1-25(2,3)21(32-15-19(29-30-32)16-11-12-16)23(35)31-14-18(33)13-20(31)22(34)28-26(4,5)24(36)27-17-9-7-6-8-10-17/h6-10,15-16,18,20-21,33H,11-14H2,1-5H3,(H,27,36)(H,28,34). The average molecular weight is 497 g/mol. The fourth-order valence-corrected chi connectivity index (χ4v) is 4.58. The Morgan fingerprint density at radius 2 is 1.75 bits per heavy atom. The lowest BCUT2D eigenvalue weighted by Crippen LogP contribution is -2.58. The average Bonchev–Trinajstić information content (AvgIpc) is 3.40. The Morgan fingerprint density at radius 1 is 1.08 bits per heavy atom. The van der Waals surface area contributed by atoms with Crippen LogP contribution in [0.2, 0.25) is 0 Å². The van der Waals surface area contributed by atoms with E-state index in [2.05, 4.69) is 20.9 Å². The number of aliphatic hydroxyl groups excluding tert-OH is 1. The number of rotatable bonds is 7. The number of carbonyl (C=O) groups excluding carboxylic acids is 3. The molecule has 36 heavy (non-hydrogen) atoms. The van der Waals surface area contributed by atoms with Gasteiger partial charge in [-0.1, -0.05) is 44.2 Å². The lowest BCUT2D eigenvalue weighted by Gasteiger charge is -2.35. The van der Waals surface area contributed by atoms with Gasteiger partial charge in [-0.25, -0.2) is 4.68 Å². The Hall–Kier alpha value is -3.27. The minimum absolute atomic E-state index is 0.0321. The van der Waals surface area contributed by atoms with Crippen molar-refractivity contribution in [3.8, 4) is 0 Å². The van der Waals surface area contributed by atoms with Crippen LogP contribution in [-0.2, 0) is 14.4 Å². The third kappa shape index (κ3) is 5.59. The molecule has 10 nitrogen and oxygen atoms in total. The van der Waals surface area contributed by atoms with Crippen LogP contribution in [0.15, 0.2) is 36.5 Å². The summed E-state index contributed by atoms with van der Waals surface area (Å²) in [4.78, 5) is 41.5. The topological polar surface area (TPSA) is 129 Å². The van der Waals surface area contributed by atoms with Gasteiger partial charge in [0.05, 0.1) is 11.8 Å². The molecule has 1 saturated carbocycles. The Labute approximate surface area is 211 Å². The summed E-state index contributed by atoms with van der Waals surface area (Å²) in [6, 6.07) is 7.36. The quantitative estimate of drug-likeness (QED) is 0.539. The van der Waals surface area contributed by atoms with Gasteiger partial charge in [0.2, 0.25) is 17.7 Å². The molecular weight excluding hydrogens is 460 g/mol. The van der Waals surface area contributed by atoms with Gasteiger partial charge in [-0.15, -0.1) is 5.10 Å². The molecule has 3 atom stereocenters. The van der Waals surface area contributed by atoms with E-state index >= 15 is 0 Å². The van der Waals surface area contributed by atoms with E-state index in [1.165, 1.54) is 4.90 Å². The van der Waals surface area contributed by atoms with Crippen LogP contribution < -0.4 is 10.6 Å². The van der Waals surface area contributed by atoms with Gasteiger partial charge in [0.25, 0.3) is 0 Å². The first-order valence-electron chi connectivity index (χ1n) is 12.5. The lowest BCUT2D eigenvalue weighted by molar-refractivity contribution is -0.145. The summed E-state index contributed by atoms with van der Waals surface area (Å²) in [5.41, 5.74) is -0.276. The molecule has 0 bridgehead atoms. The summed E-state index contributed by atoms with van der Waals surface area (Å²) in [5.74, 6) is -0.789. The molecule has 3 N–H and O–H groups in total. The number of nitrogens with one attached hydrogen (secondary N) is 2. The number of nitrogens with zero attached hydrogens (tertiary/aromatic N) is 4. The number of benzene rings is 1. The molecule has 0 radical (unpaired) electrons. The molecule has 1 aromatic carbocycles. The van der Waals surface area contributed by atoms with Gasteiger partial charge in [0.1, 0.15) is 17.6 Å². The van der Waals surface area contributed by atoms with Gasteiger partial charge >= 0.3 is 0 Å². The predicted octanol–water partition coefficient (Wildman–Crippen LogP) is 2.24. The first-order chi connectivity index (χ1) is 16.9. The summed E-state index contributed by atoms with van der Waals surface area (Å²) < 4.78 is 1.59. The van der Waals surface area contributed by atoms with Crippen molar-refractivity contribution >= 4 is 23.4 Å². The zero-order valence-corrected chi connectivity index (χ0v) is 21.6. The van der Waals surface area contributed by atoms with Gasteiger partial charge in [-0.05, 0) is 44.2 Å². The second-order valence-corrected chi connectivity index (χ2v) is 11.5. The van der Waals surface area contributed by atoms with Crippen molar-refractivity contribution in [2.45, 2.75) is 83.5 Å². The van der Waals surface area contributed by atoms with Crippen molar-refractivity contribution in [2.24, 2.45) is 5.41 Å². The third-order valence-electron chi connectivity index (χ3n) is 6.74. The number of hydrogen-bond acceptors (Lipinski definition) is 6. The normalized spacial score (nSPS) is 21.2. The molecule has 3 amide bonds. The van der Waals surface area contributed by atoms with Crippen molar-refractivity contribution in [1.82, 2.24) is 25.2 Å². The SMILES string of the molecule is CC(C)(NC(=O)C1CC(O)CN1C(=O)C(n1cc(C2CC2)nn1)C(C)(C)C)C(=O)Nc1ccccc1. The van der Waals surface area contributed by atoms with Crippen LogP contribution in [0.1, 0.15) is 71.5 Å². The van der Waals surface area contributed by atoms with Crippen molar-refractivity contribution in [3.63, 3.8) is 0 Å². The van der Waals surface area contributed by atoms with Crippen LogP contribution in [0, 0.1) is 5.41 Å². The van der Waals surface area contributed by atoms with Gasteiger partial charge in [-0.3, -0.25) is 14.4 Å². The zero-order chi connectivity index (χ0) is 26.3. The largest absolute Gasteiger partial charge is 0.391 e. The number of aliphatic hydroxyl groups is 1. The molecule has 10 heteroatoms. The summed E-state index contributed by atoms with van der Waals surface area (Å²) >= 11 is 0. The molecule has 2 aromatic rings. The summed E-state index contributed by atoms with van der Waals surface area (Å²) in [6.45, 7) is 9.05. The number of aromatic nitrogens is 3. The van der Waals surface area contributed by atoms with E-state index in [4.69, 9.17) is 0 Å². The number of likely N-dealkylation sites (tertiary alicyclic amines) is 1. The molecule has 1 aliphatic heterocycles. The number of amides is 3. The Balaban J connectivity index is 1.51. The lowest BCUT2D eigenvalue weighted by atomic mass is 9.85. The molecule has 0 spiro atoms. The number of carbonyl (C=O) groups is 3. The van der Waals surface area contributed by atoms with Crippen LogP contribution >= 0.6 is 0 Å². The van der Waals surface area contributed by atoms with Crippen LogP contribution in [0.25, 0.3) is 0 Å². The Kier molecular flexibility index (Phi) is 6.92. The molecule has 2 heterocycles. The van der Waals surface area contributed by atoms with E-state index < -0.39 is 35.0 Å². The van der Waals surface area contributed by atoms with E-state index in [1.54, 1.807) is 42.8 Å². The fraction of sp³-hybridized carbons (Fsp3) is 0.577. The van der Waals surface area contributed by atoms with E-state index in [-0.39, 0.29) is 24.8 Å². The highest BCUT2D eigenvalue weighted by Gasteiger charge is 2.46. The molecule has 4 rings (SSSR count). The maximum atomic E-state index is 13.9. The van der Waals surface area contributed by atoms with Crippen molar-refractivity contribution in [2.75, 3.05) is 11.9 Å². The maximum absolute atomic E-state index is 13.9. The number of anilines is 1. The van der Waals surface area contributed by atoms with Gasteiger partial charge < -0.3 is 20.6 Å². The summed E-state index contributed by atoms with van der Waals surface area (Å²) in [5, 5.41) is 24.5. The predicted molar refractivity (Wildman–Crippen MR) is 134 cm³/mol. The van der Waals surface area contributed by atoms with E-state index in [0.717, 1.165) is 18.5 Å². The zero-order valence-electron chi connectivity index (χ0n) is 21.6. The summed E-state index contributed by atoms with van der Waals surface area (Å²) in [6.07, 6.45) is 3.21. The number of β-amino-alcohol motifs (C(OH)–C–C–N with tert-alkyl or cyclic N) is 1. The highest BCUT2D eigenvalue weighted by atomic mass is 16.3. The minimum atomic E-state index is -1.25. The minimum Gasteiger partial charge on any atom is -0.391 e. The van der Waals surface area contributed by atoms with Crippen molar-refractivity contribution in [1.29, 1.82) is 0 Å². The third-order valence-corrected chi connectivity index (χ3v) is 6.74. The van der Waals surface area contributed by atoms with Crippen molar-refractivity contribution in [3.05, 3.63) is 42.2 Å². The smallest absolute Gasteiger partial charge is 0.249 e. The molecular formula is C26H36N6O4. The monoisotopic (exact) mass is 496 g/mol. The Bertz CT molecular complexity index is 1120. The highest BCUT2D eigenvalue weighted by molar-refractivity contribution is 6.01. The van der Waals surface area contributed by atoms with Gasteiger partial charge in [-0.2, -0.15) is 0 Å². The molecule has 1 aromatic heterocycles. The van der Waals surface area contributed by atoms with Crippen LogP contribution in [0.4, 0.5) is 5.69 Å². The Morgan fingerprint density at radius 3 is 2.36 bits per heavy atom. The van der Waals surface area contributed by atoms with E-state index in [0.29, 0.717) is 11.6 Å². The number of para-hydroxylation sites is 1. The van der Waals surface area contributed by atoms with Crippen molar-refractivity contribution < 1.29 is 19.5 Å². The first kappa shape index (κ1) is 25.8.